The van der Waals surface area contributed by atoms with Crippen molar-refractivity contribution < 1.29 is 28.6 Å². The Morgan fingerprint density at radius 2 is 1.73 bits per heavy atom. The Hall–Kier alpha value is -3.26. The van der Waals surface area contributed by atoms with Gasteiger partial charge in [0.1, 0.15) is 22.7 Å². The molecule has 1 atom stereocenters. The van der Waals surface area contributed by atoms with Crippen LogP contribution in [0.4, 0.5) is 0 Å². The van der Waals surface area contributed by atoms with E-state index in [9.17, 15) is 14.7 Å². The average molecular weight is 584 g/mol. The van der Waals surface area contributed by atoms with Crippen molar-refractivity contribution in [3.63, 3.8) is 0 Å². The van der Waals surface area contributed by atoms with E-state index in [2.05, 4.69) is 4.90 Å². The van der Waals surface area contributed by atoms with E-state index in [4.69, 9.17) is 37.1 Å². The van der Waals surface area contributed by atoms with Crippen molar-refractivity contribution in [2.75, 3.05) is 26.3 Å². The molecule has 1 aliphatic rings. The molecular weight excluding hydrogens is 553 g/mol. The summed E-state index contributed by atoms with van der Waals surface area (Å²) in [5, 5.41) is 14.6. The Morgan fingerprint density at radius 1 is 1.05 bits per heavy atom. The number of halogens is 2. The molecule has 4 aromatic rings. The first kappa shape index (κ1) is 28.3. The Balaban J connectivity index is 1.78. The molecule has 0 radical (unpaired) electrons. The van der Waals surface area contributed by atoms with Crippen LogP contribution in [0.3, 0.4) is 0 Å². The predicted molar refractivity (Wildman–Crippen MR) is 155 cm³/mol. The lowest BCUT2D eigenvalue weighted by atomic mass is 9.86. The van der Waals surface area contributed by atoms with Gasteiger partial charge in [-0.3, -0.25) is 9.69 Å². The van der Waals surface area contributed by atoms with Crippen LogP contribution in [-0.2, 0) is 14.3 Å². The molecule has 1 aromatic heterocycles. The molecule has 2 heterocycles. The monoisotopic (exact) mass is 583 g/mol. The van der Waals surface area contributed by atoms with E-state index in [0.717, 1.165) is 0 Å². The number of hydrogen-bond acceptors (Lipinski definition) is 7. The number of hydrogen-bond donors (Lipinski definition) is 1. The lowest BCUT2D eigenvalue weighted by Crippen LogP contribution is -2.40. The van der Waals surface area contributed by atoms with E-state index in [1.807, 2.05) is 30.3 Å². The minimum Gasteiger partial charge on any atom is -0.507 e. The molecule has 0 saturated carbocycles. The molecule has 0 spiro atoms. The van der Waals surface area contributed by atoms with Gasteiger partial charge in [0.05, 0.1) is 25.2 Å². The molecule has 1 saturated heterocycles. The van der Waals surface area contributed by atoms with Gasteiger partial charge in [-0.2, -0.15) is 0 Å². The summed E-state index contributed by atoms with van der Waals surface area (Å²) in [7, 11) is 0. The minimum atomic E-state index is -0.579. The van der Waals surface area contributed by atoms with Crippen LogP contribution in [0.5, 0.6) is 5.75 Å². The molecule has 3 aromatic carbocycles. The van der Waals surface area contributed by atoms with Crippen molar-refractivity contribution in [2.24, 2.45) is 5.92 Å². The number of esters is 2. The molecule has 1 unspecified atom stereocenters. The second kappa shape index (κ2) is 11.7. The van der Waals surface area contributed by atoms with Crippen LogP contribution in [0.1, 0.15) is 60.0 Å². The minimum absolute atomic E-state index is 0.0259. The van der Waals surface area contributed by atoms with Crippen LogP contribution >= 0.6 is 23.2 Å². The first-order valence-corrected chi connectivity index (χ1v) is 14.2. The number of rotatable bonds is 7. The van der Waals surface area contributed by atoms with Gasteiger partial charge >= 0.3 is 11.9 Å². The number of carbonyl (C=O) groups excluding carboxylic acids is 2. The fourth-order valence-corrected chi connectivity index (χ4v) is 6.28. The summed E-state index contributed by atoms with van der Waals surface area (Å²) in [4.78, 5) is 28.0. The van der Waals surface area contributed by atoms with Gasteiger partial charge < -0.3 is 19.0 Å². The zero-order valence-electron chi connectivity index (χ0n) is 22.6. The summed E-state index contributed by atoms with van der Waals surface area (Å²) < 4.78 is 16.9. The molecule has 0 amide bonds. The number of aryl methyl sites for hydroxylation is 1. The largest absolute Gasteiger partial charge is 0.507 e. The summed E-state index contributed by atoms with van der Waals surface area (Å²) in [5.41, 5.74) is 1.96. The highest BCUT2D eigenvalue weighted by Gasteiger charge is 2.37. The maximum atomic E-state index is 13.3. The van der Waals surface area contributed by atoms with Crippen molar-refractivity contribution in [1.82, 2.24) is 4.90 Å². The number of aromatic hydroxyl groups is 1. The van der Waals surface area contributed by atoms with Gasteiger partial charge in [-0.05, 0) is 64.4 Å². The fourth-order valence-electron chi connectivity index (χ4n) is 5.77. The number of likely N-dealkylation sites (tertiary alicyclic amines) is 1. The molecule has 9 heteroatoms. The summed E-state index contributed by atoms with van der Waals surface area (Å²) in [5.74, 6) is -0.523. The van der Waals surface area contributed by atoms with E-state index >= 15 is 0 Å². The summed E-state index contributed by atoms with van der Waals surface area (Å²) in [6.45, 7) is 6.85. The standard InChI is InChI=1S/C31H31Cl2NO6/c1-4-38-30(36)18-12-14-34(15-13-18)27(22-11-10-19(32)16-23(22)33)26-25-24(31(37)39-5-2)17(3)40-29(25)21-9-7-6-8-20(21)28(26)35/h6-11,16,18,27,35H,4-5,12-15H2,1-3H3. The maximum Gasteiger partial charge on any atom is 0.342 e. The number of piperidine rings is 1. The molecule has 7 nitrogen and oxygen atoms in total. The lowest BCUT2D eigenvalue weighted by Gasteiger charge is -2.38. The number of ether oxygens (including phenoxy) is 2. The van der Waals surface area contributed by atoms with Gasteiger partial charge in [0.15, 0.2) is 0 Å². The number of phenolic OH excluding ortho intramolecular Hbond substituents is 1. The molecule has 0 bridgehead atoms. The fraction of sp³-hybridized carbons (Fsp3) is 0.355. The van der Waals surface area contributed by atoms with Gasteiger partial charge in [-0.15, -0.1) is 0 Å². The highest BCUT2D eigenvalue weighted by Crippen LogP contribution is 2.49. The van der Waals surface area contributed by atoms with Crippen LogP contribution in [0.15, 0.2) is 46.9 Å². The normalized spacial score (nSPS) is 15.4. The Kier molecular flexibility index (Phi) is 8.26. The molecule has 0 aliphatic carbocycles. The first-order chi connectivity index (χ1) is 19.3. The van der Waals surface area contributed by atoms with Gasteiger partial charge in [0.2, 0.25) is 0 Å². The van der Waals surface area contributed by atoms with Gasteiger partial charge in [-0.25, -0.2) is 4.79 Å². The molecule has 1 fully saturated rings. The smallest absolute Gasteiger partial charge is 0.342 e. The summed E-state index contributed by atoms with van der Waals surface area (Å²) in [6, 6.07) is 12.1. The van der Waals surface area contributed by atoms with Crippen LogP contribution < -0.4 is 0 Å². The Labute approximate surface area is 242 Å². The average Bonchev–Trinajstić information content (AvgIpc) is 3.29. The summed E-state index contributed by atoms with van der Waals surface area (Å²) in [6.07, 6.45) is 1.15. The highest BCUT2D eigenvalue weighted by molar-refractivity contribution is 6.35. The van der Waals surface area contributed by atoms with Crippen LogP contribution in [0.25, 0.3) is 21.7 Å². The quantitative estimate of drug-likeness (QED) is 0.226. The third-order valence-corrected chi connectivity index (χ3v) is 8.12. The summed E-state index contributed by atoms with van der Waals surface area (Å²) >= 11 is 13.1. The van der Waals surface area contributed by atoms with E-state index < -0.39 is 12.0 Å². The molecule has 210 valence electrons. The van der Waals surface area contributed by atoms with Crippen molar-refractivity contribution in [3.05, 3.63) is 75.0 Å². The van der Waals surface area contributed by atoms with Crippen molar-refractivity contribution >= 4 is 56.9 Å². The van der Waals surface area contributed by atoms with Gasteiger partial charge in [-0.1, -0.05) is 53.5 Å². The first-order valence-electron chi connectivity index (χ1n) is 13.5. The number of nitrogens with zero attached hydrogens (tertiary/aromatic N) is 1. The number of furan rings is 1. The SMILES string of the molecule is CCOC(=O)c1c(C)oc2c1c(C(c1ccc(Cl)cc1Cl)N1CCC(C(=O)OCC)CC1)c(O)c1ccccc12. The zero-order valence-corrected chi connectivity index (χ0v) is 24.1. The van der Waals surface area contributed by atoms with Crippen molar-refractivity contribution in [2.45, 2.75) is 39.7 Å². The molecule has 1 N–H and O–H groups in total. The third-order valence-electron chi connectivity index (χ3n) is 7.56. The molecule has 5 rings (SSSR count). The Bertz CT molecular complexity index is 1590. The molecule has 1 aliphatic heterocycles. The highest BCUT2D eigenvalue weighted by atomic mass is 35.5. The molecule has 40 heavy (non-hydrogen) atoms. The molecular formula is C31H31Cl2NO6. The predicted octanol–water partition coefficient (Wildman–Crippen LogP) is 7.45. The lowest BCUT2D eigenvalue weighted by molar-refractivity contribution is -0.149. The van der Waals surface area contributed by atoms with Crippen molar-refractivity contribution in [3.8, 4) is 5.75 Å². The van der Waals surface area contributed by atoms with Crippen LogP contribution in [0.2, 0.25) is 10.0 Å². The van der Waals surface area contributed by atoms with Crippen molar-refractivity contribution in [1.29, 1.82) is 0 Å². The third kappa shape index (κ3) is 5.02. The van der Waals surface area contributed by atoms with E-state index in [1.54, 1.807) is 32.9 Å². The number of benzene rings is 3. The number of phenols is 1. The Morgan fingerprint density at radius 3 is 2.38 bits per heavy atom. The number of carbonyl (C=O) groups is 2. The second-order valence-electron chi connectivity index (χ2n) is 9.90. The van der Waals surface area contributed by atoms with E-state index in [0.29, 0.717) is 81.2 Å². The second-order valence-corrected chi connectivity index (χ2v) is 10.7. The zero-order chi connectivity index (χ0) is 28.6. The van der Waals surface area contributed by atoms with Gasteiger partial charge in [0, 0.05) is 31.8 Å². The van der Waals surface area contributed by atoms with Gasteiger partial charge in [0.25, 0.3) is 0 Å². The number of fused-ring (bicyclic) bond motifs is 3. The van der Waals surface area contributed by atoms with E-state index in [1.165, 1.54) is 0 Å². The van der Waals surface area contributed by atoms with E-state index in [-0.39, 0.29) is 29.8 Å². The van der Waals surface area contributed by atoms with Crippen LogP contribution in [0, 0.1) is 12.8 Å². The topological polar surface area (TPSA) is 89.2 Å². The maximum absolute atomic E-state index is 13.3. The van der Waals surface area contributed by atoms with Crippen LogP contribution in [-0.4, -0.2) is 48.2 Å².